The minimum Gasteiger partial charge on any atom is -0.448 e. The number of furan rings is 1. The van der Waals surface area contributed by atoms with E-state index in [0.29, 0.717) is 17.9 Å². The number of amides is 1. The summed E-state index contributed by atoms with van der Waals surface area (Å²) in [5.74, 6) is 0.665. The average molecular weight is 373 g/mol. The summed E-state index contributed by atoms with van der Waals surface area (Å²) in [4.78, 5) is 18.8. The Morgan fingerprint density at radius 2 is 1.93 bits per heavy atom. The van der Waals surface area contributed by atoms with E-state index in [1.165, 1.54) is 11.3 Å². The fourth-order valence-corrected chi connectivity index (χ4v) is 3.69. The number of hydrogen-bond acceptors (Lipinski definition) is 5. The molecule has 2 aromatic carbocycles. The molecule has 0 aliphatic rings. The Morgan fingerprint density at radius 3 is 2.67 bits per heavy atom. The zero-order chi connectivity index (χ0) is 18.8. The highest BCUT2D eigenvalue weighted by Gasteiger charge is 2.18. The molecule has 132 valence electrons. The lowest BCUT2D eigenvalue weighted by Crippen LogP contribution is -2.25. The van der Waals surface area contributed by atoms with Crippen LogP contribution in [0.3, 0.4) is 0 Å². The van der Waals surface area contributed by atoms with Crippen molar-refractivity contribution in [2.24, 2.45) is 0 Å². The molecule has 5 nitrogen and oxygen atoms in total. The van der Waals surface area contributed by atoms with Gasteiger partial charge in [0, 0.05) is 13.6 Å². The third kappa shape index (κ3) is 3.46. The van der Waals surface area contributed by atoms with Gasteiger partial charge in [0.2, 0.25) is 0 Å². The number of nitrogens with zero attached hydrogens (tertiary/aromatic N) is 3. The lowest BCUT2D eigenvalue weighted by Gasteiger charge is -2.15. The van der Waals surface area contributed by atoms with Crippen molar-refractivity contribution in [3.63, 3.8) is 0 Å². The van der Waals surface area contributed by atoms with Crippen molar-refractivity contribution in [3.05, 3.63) is 77.6 Å². The van der Waals surface area contributed by atoms with E-state index >= 15 is 0 Å². The minimum atomic E-state index is -0.202. The van der Waals surface area contributed by atoms with Crippen LogP contribution in [0.15, 0.2) is 65.1 Å². The predicted octanol–water partition coefficient (Wildman–Crippen LogP) is 4.70. The molecule has 0 unspecified atom stereocenters. The number of carbonyl (C=O) groups excluding carboxylic acids is 1. The van der Waals surface area contributed by atoms with Crippen molar-refractivity contribution in [3.8, 4) is 16.8 Å². The van der Waals surface area contributed by atoms with Crippen molar-refractivity contribution in [2.75, 3.05) is 7.05 Å². The summed E-state index contributed by atoms with van der Waals surface area (Å²) in [5.41, 5.74) is 2.46. The number of fused-ring (bicyclic) bond motifs is 1. The molecule has 0 saturated heterocycles. The topological polar surface area (TPSA) is 70.1 Å². The van der Waals surface area contributed by atoms with Crippen molar-refractivity contribution in [1.29, 1.82) is 5.26 Å². The number of carbonyl (C=O) groups is 1. The van der Waals surface area contributed by atoms with Gasteiger partial charge in [0.15, 0.2) is 16.5 Å². The third-order valence-corrected chi connectivity index (χ3v) is 5.22. The van der Waals surface area contributed by atoms with Gasteiger partial charge in [-0.15, -0.1) is 11.3 Å². The first kappa shape index (κ1) is 17.0. The molecule has 0 bridgehead atoms. The van der Waals surface area contributed by atoms with E-state index in [0.717, 1.165) is 20.8 Å². The average Bonchev–Trinajstić information content (AvgIpc) is 3.34. The third-order valence-electron chi connectivity index (χ3n) is 4.17. The van der Waals surface area contributed by atoms with Crippen LogP contribution in [-0.4, -0.2) is 22.8 Å². The maximum Gasteiger partial charge on any atom is 0.289 e. The van der Waals surface area contributed by atoms with Crippen LogP contribution in [0, 0.1) is 11.3 Å². The number of thiazole rings is 1. The number of benzene rings is 2. The van der Waals surface area contributed by atoms with Gasteiger partial charge in [-0.3, -0.25) is 4.79 Å². The summed E-state index contributed by atoms with van der Waals surface area (Å²) < 4.78 is 6.85. The highest BCUT2D eigenvalue weighted by molar-refractivity contribution is 7.21. The fraction of sp³-hybridized carbons (Fsp3) is 0.0952. The van der Waals surface area contributed by atoms with E-state index in [1.54, 1.807) is 36.2 Å². The highest BCUT2D eigenvalue weighted by atomic mass is 32.1. The molecule has 4 rings (SSSR count). The Bertz CT molecular complexity index is 1120. The number of para-hydroxylation sites is 1. The van der Waals surface area contributed by atoms with Crippen LogP contribution >= 0.6 is 11.3 Å². The Kier molecular flexibility index (Phi) is 4.45. The van der Waals surface area contributed by atoms with Crippen molar-refractivity contribution >= 4 is 27.5 Å². The molecule has 0 N–H and O–H groups in total. The van der Waals surface area contributed by atoms with Crippen LogP contribution in [0.4, 0.5) is 0 Å². The van der Waals surface area contributed by atoms with E-state index in [2.05, 4.69) is 11.1 Å². The van der Waals surface area contributed by atoms with Gasteiger partial charge in [-0.05, 0) is 42.0 Å². The molecule has 0 radical (unpaired) electrons. The molecule has 0 spiro atoms. The summed E-state index contributed by atoms with van der Waals surface area (Å²) in [6.45, 7) is 0.432. The molecule has 0 aliphatic carbocycles. The van der Waals surface area contributed by atoms with Gasteiger partial charge < -0.3 is 9.32 Å². The zero-order valence-electron chi connectivity index (χ0n) is 14.5. The van der Waals surface area contributed by atoms with Gasteiger partial charge in [0.25, 0.3) is 5.91 Å². The minimum absolute atomic E-state index is 0.202. The molecule has 1 amide bonds. The standard InChI is InChI=1S/C21H15N3O2S/c1-24(13-15-8-6-14(12-22)7-9-15)21(25)18-11-10-17(26-18)20-23-16-4-2-3-5-19(16)27-20/h2-11H,13H2,1H3. The molecule has 0 atom stereocenters. The van der Waals surface area contributed by atoms with Crippen molar-refractivity contribution in [1.82, 2.24) is 9.88 Å². The van der Waals surface area contributed by atoms with E-state index in [-0.39, 0.29) is 11.7 Å². The van der Waals surface area contributed by atoms with E-state index in [4.69, 9.17) is 9.68 Å². The summed E-state index contributed by atoms with van der Waals surface area (Å²) in [5, 5.41) is 9.61. The second-order valence-electron chi connectivity index (χ2n) is 6.12. The smallest absolute Gasteiger partial charge is 0.289 e. The van der Waals surface area contributed by atoms with Gasteiger partial charge in [0.1, 0.15) is 0 Å². The normalized spacial score (nSPS) is 10.7. The zero-order valence-corrected chi connectivity index (χ0v) is 15.4. The van der Waals surface area contributed by atoms with E-state index in [9.17, 15) is 4.79 Å². The van der Waals surface area contributed by atoms with Gasteiger partial charge in [0.05, 0.1) is 21.8 Å². The van der Waals surface area contributed by atoms with Crippen LogP contribution in [0.5, 0.6) is 0 Å². The van der Waals surface area contributed by atoms with Crippen molar-refractivity contribution < 1.29 is 9.21 Å². The number of hydrogen-bond donors (Lipinski definition) is 0. The van der Waals surface area contributed by atoms with E-state index in [1.807, 2.05) is 36.4 Å². The first-order valence-electron chi connectivity index (χ1n) is 8.34. The van der Waals surface area contributed by atoms with Crippen LogP contribution in [0.25, 0.3) is 21.0 Å². The Balaban J connectivity index is 1.51. The Labute approximate surface area is 160 Å². The number of nitriles is 1. The maximum atomic E-state index is 12.7. The monoisotopic (exact) mass is 373 g/mol. The quantitative estimate of drug-likeness (QED) is 0.520. The largest absolute Gasteiger partial charge is 0.448 e. The summed E-state index contributed by atoms with van der Waals surface area (Å²) in [6.07, 6.45) is 0. The molecule has 27 heavy (non-hydrogen) atoms. The van der Waals surface area contributed by atoms with Crippen LogP contribution < -0.4 is 0 Å². The first-order chi connectivity index (χ1) is 13.1. The Hall–Kier alpha value is -3.43. The molecule has 0 aliphatic heterocycles. The predicted molar refractivity (Wildman–Crippen MR) is 104 cm³/mol. The number of rotatable bonds is 4. The second kappa shape index (κ2) is 7.06. The van der Waals surface area contributed by atoms with Crippen LogP contribution in [0.1, 0.15) is 21.7 Å². The van der Waals surface area contributed by atoms with Crippen molar-refractivity contribution in [2.45, 2.75) is 6.54 Å². The maximum absolute atomic E-state index is 12.7. The highest BCUT2D eigenvalue weighted by Crippen LogP contribution is 2.31. The SMILES string of the molecule is CN(Cc1ccc(C#N)cc1)C(=O)c1ccc(-c2nc3ccccc3s2)o1. The lowest BCUT2D eigenvalue weighted by atomic mass is 10.1. The van der Waals surface area contributed by atoms with Crippen LogP contribution in [-0.2, 0) is 6.54 Å². The second-order valence-corrected chi connectivity index (χ2v) is 7.15. The summed E-state index contributed by atoms with van der Waals surface area (Å²) in [6, 6.07) is 20.6. The van der Waals surface area contributed by atoms with Gasteiger partial charge in [-0.2, -0.15) is 5.26 Å². The van der Waals surface area contributed by atoms with Crippen LogP contribution in [0.2, 0.25) is 0 Å². The molecule has 0 saturated carbocycles. The molecular formula is C21H15N3O2S. The number of aromatic nitrogens is 1. The molecule has 2 aromatic heterocycles. The molecule has 4 aromatic rings. The molecule has 6 heteroatoms. The summed E-state index contributed by atoms with van der Waals surface area (Å²) in [7, 11) is 1.72. The first-order valence-corrected chi connectivity index (χ1v) is 9.16. The fourth-order valence-electron chi connectivity index (χ4n) is 2.76. The molecular weight excluding hydrogens is 358 g/mol. The lowest BCUT2D eigenvalue weighted by molar-refractivity contribution is 0.0754. The Morgan fingerprint density at radius 1 is 1.15 bits per heavy atom. The summed E-state index contributed by atoms with van der Waals surface area (Å²) >= 11 is 1.53. The van der Waals surface area contributed by atoms with Gasteiger partial charge in [-0.25, -0.2) is 4.98 Å². The van der Waals surface area contributed by atoms with Gasteiger partial charge in [-0.1, -0.05) is 24.3 Å². The molecule has 0 fully saturated rings. The van der Waals surface area contributed by atoms with Gasteiger partial charge >= 0.3 is 0 Å². The molecule has 2 heterocycles. The van der Waals surface area contributed by atoms with E-state index < -0.39 is 0 Å².